The first-order valence-corrected chi connectivity index (χ1v) is 6.08. The van der Waals surface area contributed by atoms with Gasteiger partial charge in [0.05, 0.1) is 7.11 Å². The van der Waals surface area contributed by atoms with E-state index in [-0.39, 0.29) is 12.0 Å². The first-order valence-electron chi connectivity index (χ1n) is 6.08. The normalized spacial score (nSPS) is 12.5. The van der Waals surface area contributed by atoms with Gasteiger partial charge in [0.25, 0.3) is 0 Å². The number of hydrogen-bond donors (Lipinski definition) is 0. The van der Waals surface area contributed by atoms with E-state index in [9.17, 15) is 4.79 Å². The van der Waals surface area contributed by atoms with Gasteiger partial charge in [0.15, 0.2) is 0 Å². The van der Waals surface area contributed by atoms with Gasteiger partial charge in [-0.15, -0.1) is 0 Å². The number of ether oxygens (including phenoxy) is 1. The summed E-state index contributed by atoms with van der Waals surface area (Å²) in [6.45, 7) is 5.82. The summed E-state index contributed by atoms with van der Waals surface area (Å²) in [6, 6.07) is 9.86. The summed E-state index contributed by atoms with van der Waals surface area (Å²) in [6.07, 6.45) is 0.704. The molecule has 3 nitrogen and oxygen atoms in total. The minimum atomic E-state index is -0.183. The van der Waals surface area contributed by atoms with Crippen molar-refractivity contribution in [3.05, 3.63) is 35.9 Å². The smallest absolute Gasteiger partial charge is 0.323 e. The molecule has 1 rings (SSSR count). The second kappa shape index (κ2) is 7.07. The molecule has 1 aromatic carbocycles. The predicted octanol–water partition coefficient (Wildman–Crippen LogP) is 2.11. The van der Waals surface area contributed by atoms with E-state index < -0.39 is 0 Å². The molecule has 17 heavy (non-hydrogen) atoms. The monoisotopic (exact) mass is 235 g/mol. The van der Waals surface area contributed by atoms with Crippen molar-refractivity contribution in [1.29, 1.82) is 0 Å². The number of rotatable bonds is 6. The maximum Gasteiger partial charge on any atom is 0.323 e. The Balaban J connectivity index is 2.80. The minimum absolute atomic E-state index is 0.155. The third-order valence-electron chi connectivity index (χ3n) is 3.00. The molecule has 0 aliphatic carbocycles. The van der Waals surface area contributed by atoms with Gasteiger partial charge in [-0.25, -0.2) is 0 Å². The molecule has 94 valence electrons. The lowest BCUT2D eigenvalue weighted by atomic mass is 10.0. The topological polar surface area (TPSA) is 29.5 Å². The van der Waals surface area contributed by atoms with Gasteiger partial charge in [-0.05, 0) is 25.1 Å². The fraction of sp³-hybridized carbons (Fsp3) is 0.500. The number of methoxy groups -OCH3 is 1. The van der Waals surface area contributed by atoms with Crippen LogP contribution in [0.2, 0.25) is 0 Å². The Morgan fingerprint density at radius 2 is 1.82 bits per heavy atom. The average Bonchev–Trinajstić information content (AvgIpc) is 2.39. The van der Waals surface area contributed by atoms with E-state index in [0.29, 0.717) is 6.42 Å². The Bertz CT molecular complexity index is 333. The van der Waals surface area contributed by atoms with E-state index in [1.165, 1.54) is 7.11 Å². The van der Waals surface area contributed by atoms with Gasteiger partial charge < -0.3 is 4.74 Å². The quantitative estimate of drug-likeness (QED) is 0.707. The van der Waals surface area contributed by atoms with Crippen molar-refractivity contribution in [2.75, 3.05) is 20.2 Å². The van der Waals surface area contributed by atoms with Crippen LogP contribution in [0, 0.1) is 0 Å². The van der Waals surface area contributed by atoms with Crippen molar-refractivity contribution in [3.63, 3.8) is 0 Å². The molecule has 0 amide bonds. The molecule has 0 aliphatic rings. The van der Waals surface area contributed by atoms with E-state index in [4.69, 9.17) is 4.74 Å². The van der Waals surface area contributed by atoms with Crippen LogP contribution in [0.5, 0.6) is 0 Å². The first-order chi connectivity index (χ1) is 8.22. The molecule has 0 radical (unpaired) electrons. The maximum absolute atomic E-state index is 11.8. The van der Waals surface area contributed by atoms with Crippen LogP contribution in [0.4, 0.5) is 0 Å². The molecule has 0 bridgehead atoms. The van der Waals surface area contributed by atoms with Crippen LogP contribution in [0.3, 0.4) is 0 Å². The van der Waals surface area contributed by atoms with Crippen molar-refractivity contribution >= 4 is 5.97 Å². The van der Waals surface area contributed by atoms with Gasteiger partial charge in [0.2, 0.25) is 0 Å². The Kier molecular flexibility index (Phi) is 5.70. The third-order valence-corrected chi connectivity index (χ3v) is 3.00. The highest BCUT2D eigenvalue weighted by molar-refractivity contribution is 5.76. The highest BCUT2D eigenvalue weighted by Gasteiger charge is 2.24. The van der Waals surface area contributed by atoms with Gasteiger partial charge in [0, 0.05) is 0 Å². The number of hydrogen-bond acceptors (Lipinski definition) is 3. The summed E-state index contributed by atoms with van der Waals surface area (Å²) in [5.41, 5.74) is 1.16. The summed E-state index contributed by atoms with van der Waals surface area (Å²) < 4.78 is 4.89. The lowest BCUT2D eigenvalue weighted by Gasteiger charge is -2.27. The molecule has 0 spiro atoms. The van der Waals surface area contributed by atoms with Crippen LogP contribution in [-0.4, -0.2) is 37.1 Å². The minimum Gasteiger partial charge on any atom is -0.468 e. The second-order valence-corrected chi connectivity index (χ2v) is 3.95. The molecule has 1 atom stereocenters. The van der Waals surface area contributed by atoms with E-state index in [2.05, 4.69) is 18.7 Å². The summed E-state index contributed by atoms with van der Waals surface area (Å²) in [5, 5.41) is 0. The number of esters is 1. The standard InChI is InChI=1S/C14H21NO2/c1-4-15(5-2)13(14(16)17-3)11-12-9-7-6-8-10-12/h6-10,13H,4-5,11H2,1-3H3. The molecule has 0 aliphatic heterocycles. The number of carbonyl (C=O) groups excluding carboxylic acids is 1. The Morgan fingerprint density at radius 3 is 2.29 bits per heavy atom. The molecule has 0 fully saturated rings. The van der Waals surface area contributed by atoms with Crippen LogP contribution in [0.25, 0.3) is 0 Å². The van der Waals surface area contributed by atoms with Crippen molar-refractivity contribution in [3.8, 4) is 0 Å². The number of likely N-dealkylation sites (N-methyl/N-ethyl adjacent to an activating group) is 1. The second-order valence-electron chi connectivity index (χ2n) is 3.95. The highest BCUT2D eigenvalue weighted by Crippen LogP contribution is 2.10. The Labute approximate surface area is 103 Å². The lowest BCUT2D eigenvalue weighted by Crippen LogP contribution is -2.43. The summed E-state index contributed by atoms with van der Waals surface area (Å²) >= 11 is 0. The maximum atomic E-state index is 11.8. The van der Waals surface area contributed by atoms with Crippen LogP contribution >= 0.6 is 0 Å². The van der Waals surface area contributed by atoms with Crippen LogP contribution < -0.4 is 0 Å². The van der Waals surface area contributed by atoms with Crippen molar-refractivity contribution < 1.29 is 9.53 Å². The molecule has 0 N–H and O–H groups in total. The molecule has 3 heteroatoms. The Hall–Kier alpha value is -1.35. The fourth-order valence-electron chi connectivity index (χ4n) is 2.00. The Morgan fingerprint density at radius 1 is 1.24 bits per heavy atom. The van der Waals surface area contributed by atoms with E-state index in [1.807, 2.05) is 30.3 Å². The molecule has 0 saturated heterocycles. The van der Waals surface area contributed by atoms with Crippen LogP contribution in [0.15, 0.2) is 30.3 Å². The number of carbonyl (C=O) groups is 1. The molecule has 0 heterocycles. The average molecular weight is 235 g/mol. The molecule has 0 saturated carbocycles. The number of benzene rings is 1. The van der Waals surface area contributed by atoms with Crippen molar-refractivity contribution in [1.82, 2.24) is 4.90 Å². The van der Waals surface area contributed by atoms with Gasteiger partial charge in [0.1, 0.15) is 6.04 Å². The largest absolute Gasteiger partial charge is 0.468 e. The fourth-order valence-corrected chi connectivity index (χ4v) is 2.00. The van der Waals surface area contributed by atoms with E-state index in [0.717, 1.165) is 18.7 Å². The zero-order chi connectivity index (χ0) is 12.7. The van der Waals surface area contributed by atoms with E-state index in [1.54, 1.807) is 0 Å². The van der Waals surface area contributed by atoms with Gasteiger partial charge >= 0.3 is 5.97 Å². The lowest BCUT2D eigenvalue weighted by molar-refractivity contribution is -0.146. The van der Waals surface area contributed by atoms with Crippen molar-refractivity contribution in [2.45, 2.75) is 26.3 Å². The zero-order valence-corrected chi connectivity index (χ0v) is 10.8. The van der Waals surface area contributed by atoms with E-state index >= 15 is 0 Å². The van der Waals surface area contributed by atoms with Crippen molar-refractivity contribution in [2.24, 2.45) is 0 Å². The molecule has 0 aromatic heterocycles. The molecule has 1 unspecified atom stereocenters. The third kappa shape index (κ3) is 3.86. The zero-order valence-electron chi connectivity index (χ0n) is 10.8. The number of nitrogens with zero attached hydrogens (tertiary/aromatic N) is 1. The van der Waals surface area contributed by atoms with Gasteiger partial charge in [-0.2, -0.15) is 0 Å². The highest BCUT2D eigenvalue weighted by atomic mass is 16.5. The van der Waals surface area contributed by atoms with Crippen LogP contribution in [-0.2, 0) is 16.0 Å². The summed E-state index contributed by atoms with van der Waals surface area (Å²) in [4.78, 5) is 13.9. The summed E-state index contributed by atoms with van der Waals surface area (Å²) in [7, 11) is 1.45. The summed E-state index contributed by atoms with van der Waals surface area (Å²) in [5.74, 6) is -0.155. The van der Waals surface area contributed by atoms with Gasteiger partial charge in [-0.3, -0.25) is 9.69 Å². The SMILES string of the molecule is CCN(CC)C(Cc1ccccc1)C(=O)OC. The first kappa shape index (κ1) is 13.7. The molecular formula is C14H21NO2. The van der Waals surface area contributed by atoms with Gasteiger partial charge in [-0.1, -0.05) is 44.2 Å². The predicted molar refractivity (Wildman–Crippen MR) is 68.9 cm³/mol. The van der Waals surface area contributed by atoms with Crippen LogP contribution in [0.1, 0.15) is 19.4 Å². The molecule has 1 aromatic rings. The molecular weight excluding hydrogens is 214 g/mol.